The van der Waals surface area contributed by atoms with Gasteiger partial charge in [-0.15, -0.1) is 5.10 Å². The lowest BCUT2D eigenvalue weighted by atomic mass is 9.69. The van der Waals surface area contributed by atoms with Crippen molar-refractivity contribution in [2.75, 3.05) is 6.54 Å². The van der Waals surface area contributed by atoms with Gasteiger partial charge in [0.05, 0.1) is 22.1 Å². The minimum atomic E-state index is -1.07. The summed E-state index contributed by atoms with van der Waals surface area (Å²) in [6.07, 6.45) is 0.939. The van der Waals surface area contributed by atoms with Crippen LogP contribution < -0.4 is 4.74 Å². The molecule has 2 atom stereocenters. The van der Waals surface area contributed by atoms with Crippen molar-refractivity contribution in [3.05, 3.63) is 94.2 Å². The lowest BCUT2D eigenvalue weighted by Gasteiger charge is -2.33. The van der Waals surface area contributed by atoms with Crippen LogP contribution in [0.3, 0.4) is 0 Å². The first kappa shape index (κ1) is 28.8. The zero-order valence-electron chi connectivity index (χ0n) is 25.8. The SMILES string of the molecule is CC[C@@H]1CN(Cc2cc(C(c3ccc4c(nnn4C)c3C)C(C)(C)C(=O)O)ccc2C)Cc2nc3ccccc3cc2O1. The zero-order chi connectivity index (χ0) is 30.5. The van der Waals surface area contributed by atoms with Crippen molar-refractivity contribution < 1.29 is 14.6 Å². The van der Waals surface area contributed by atoms with Gasteiger partial charge in [0, 0.05) is 38.0 Å². The second-order valence-corrected chi connectivity index (χ2v) is 12.4. The molecular weight excluding hydrogens is 538 g/mol. The molecule has 0 saturated heterocycles. The maximum atomic E-state index is 12.7. The minimum Gasteiger partial charge on any atom is -0.487 e. The molecular formula is C35H39N5O3. The Balaban J connectivity index is 1.40. The number of carboxylic acids is 1. The second kappa shape index (κ2) is 11.1. The second-order valence-electron chi connectivity index (χ2n) is 12.4. The van der Waals surface area contributed by atoms with Crippen molar-refractivity contribution in [2.45, 2.75) is 66.2 Å². The van der Waals surface area contributed by atoms with E-state index in [0.717, 1.165) is 63.0 Å². The number of para-hydroxylation sites is 1. The predicted octanol–water partition coefficient (Wildman–Crippen LogP) is 6.55. The van der Waals surface area contributed by atoms with E-state index in [9.17, 15) is 9.90 Å². The summed E-state index contributed by atoms with van der Waals surface area (Å²) in [5, 5.41) is 20.1. The molecule has 0 fully saturated rings. The van der Waals surface area contributed by atoms with E-state index in [0.29, 0.717) is 13.1 Å². The fourth-order valence-corrected chi connectivity index (χ4v) is 6.42. The molecule has 0 spiro atoms. The molecule has 0 saturated carbocycles. The molecule has 1 N–H and O–H groups in total. The molecule has 0 radical (unpaired) electrons. The number of fused-ring (bicyclic) bond motifs is 3. The molecule has 3 heterocycles. The number of carboxylic acid groups (broad SMARTS) is 1. The number of pyridine rings is 1. The summed E-state index contributed by atoms with van der Waals surface area (Å²) in [6, 6.07) is 20.7. The molecule has 6 rings (SSSR count). The fraction of sp³-hybridized carbons (Fsp3) is 0.371. The highest BCUT2D eigenvalue weighted by atomic mass is 16.5. The molecule has 1 aliphatic heterocycles. The molecule has 3 aromatic carbocycles. The van der Waals surface area contributed by atoms with Crippen molar-refractivity contribution in [3.8, 4) is 5.75 Å². The monoisotopic (exact) mass is 577 g/mol. The highest BCUT2D eigenvalue weighted by Crippen LogP contribution is 2.44. The molecule has 0 aliphatic carbocycles. The Hall–Kier alpha value is -4.30. The topological polar surface area (TPSA) is 93.4 Å². The first-order chi connectivity index (χ1) is 20.6. The van der Waals surface area contributed by atoms with E-state index in [-0.39, 0.29) is 12.0 Å². The maximum absolute atomic E-state index is 12.7. The van der Waals surface area contributed by atoms with E-state index in [1.54, 1.807) is 4.68 Å². The van der Waals surface area contributed by atoms with E-state index in [1.165, 1.54) is 11.1 Å². The predicted molar refractivity (Wildman–Crippen MR) is 168 cm³/mol. The van der Waals surface area contributed by atoms with E-state index in [4.69, 9.17) is 9.72 Å². The molecule has 2 aromatic heterocycles. The van der Waals surface area contributed by atoms with Crippen LogP contribution >= 0.6 is 0 Å². The van der Waals surface area contributed by atoms with E-state index >= 15 is 0 Å². The summed E-state index contributed by atoms with van der Waals surface area (Å²) in [4.78, 5) is 20.1. The minimum absolute atomic E-state index is 0.0488. The number of benzene rings is 3. The van der Waals surface area contributed by atoms with Crippen LogP contribution in [0.2, 0.25) is 0 Å². The Bertz CT molecular complexity index is 1840. The van der Waals surface area contributed by atoms with Gasteiger partial charge in [-0.2, -0.15) is 0 Å². The van der Waals surface area contributed by atoms with Gasteiger partial charge in [-0.1, -0.05) is 54.6 Å². The Morgan fingerprint density at radius 1 is 1.12 bits per heavy atom. The smallest absolute Gasteiger partial charge is 0.310 e. The van der Waals surface area contributed by atoms with Gasteiger partial charge in [-0.05, 0) is 80.1 Å². The lowest BCUT2D eigenvalue weighted by Crippen LogP contribution is -2.33. The van der Waals surface area contributed by atoms with E-state index in [2.05, 4.69) is 59.4 Å². The molecule has 8 heteroatoms. The summed E-state index contributed by atoms with van der Waals surface area (Å²) >= 11 is 0. The van der Waals surface area contributed by atoms with Crippen LogP contribution in [0.15, 0.2) is 60.7 Å². The van der Waals surface area contributed by atoms with Gasteiger partial charge >= 0.3 is 5.97 Å². The fourth-order valence-electron chi connectivity index (χ4n) is 6.42. The Morgan fingerprint density at radius 3 is 2.67 bits per heavy atom. The van der Waals surface area contributed by atoms with Gasteiger partial charge in [0.2, 0.25) is 0 Å². The Kier molecular flexibility index (Phi) is 7.42. The van der Waals surface area contributed by atoms with Crippen molar-refractivity contribution in [3.63, 3.8) is 0 Å². The number of hydrogen-bond donors (Lipinski definition) is 1. The highest BCUT2D eigenvalue weighted by Gasteiger charge is 2.40. The molecule has 5 aromatic rings. The van der Waals surface area contributed by atoms with Crippen LogP contribution in [0.25, 0.3) is 21.9 Å². The summed E-state index contributed by atoms with van der Waals surface area (Å²) in [6.45, 7) is 12.1. The van der Waals surface area contributed by atoms with Gasteiger partial charge in [-0.25, -0.2) is 9.67 Å². The van der Waals surface area contributed by atoms with Crippen LogP contribution in [0.1, 0.15) is 66.6 Å². The lowest BCUT2D eigenvalue weighted by molar-refractivity contribution is -0.147. The van der Waals surface area contributed by atoms with Crippen molar-refractivity contribution in [2.24, 2.45) is 12.5 Å². The number of aliphatic carboxylic acids is 1. The number of rotatable bonds is 7. The molecule has 43 heavy (non-hydrogen) atoms. The molecule has 8 nitrogen and oxygen atoms in total. The molecule has 1 aliphatic rings. The first-order valence-electron chi connectivity index (χ1n) is 15.0. The van der Waals surface area contributed by atoms with Gasteiger partial charge in [0.25, 0.3) is 0 Å². The summed E-state index contributed by atoms with van der Waals surface area (Å²) in [5.41, 5.74) is 7.78. The highest BCUT2D eigenvalue weighted by molar-refractivity contribution is 5.82. The van der Waals surface area contributed by atoms with Gasteiger partial charge in [0.1, 0.15) is 17.4 Å². The number of aryl methyl sites for hydroxylation is 3. The average molecular weight is 578 g/mol. The quantitative estimate of drug-likeness (QED) is 0.234. The molecule has 0 bridgehead atoms. The number of nitrogens with zero attached hydrogens (tertiary/aromatic N) is 5. The number of carbonyl (C=O) groups is 1. The van der Waals surface area contributed by atoms with E-state index < -0.39 is 11.4 Å². The summed E-state index contributed by atoms with van der Waals surface area (Å²) in [7, 11) is 1.87. The number of aromatic nitrogens is 4. The van der Waals surface area contributed by atoms with Gasteiger partial charge in [-0.3, -0.25) is 9.69 Å². The van der Waals surface area contributed by atoms with Crippen LogP contribution in [0.4, 0.5) is 0 Å². The summed E-state index contributed by atoms with van der Waals surface area (Å²) in [5.74, 6) is -0.374. The molecule has 1 unspecified atom stereocenters. The van der Waals surface area contributed by atoms with Crippen molar-refractivity contribution in [1.29, 1.82) is 0 Å². The van der Waals surface area contributed by atoms with Crippen LogP contribution in [-0.2, 0) is 24.9 Å². The third-order valence-electron chi connectivity index (χ3n) is 9.11. The standard InChI is InChI=1S/C35H39N5O3/c1-7-26-19-40(20-29-31(43-26)17-23-10-8-9-11-28(23)36-29)18-25-16-24(13-12-21(25)2)32(35(4,5)34(41)42)27-14-15-30-33(22(27)3)37-38-39(30)6/h8-17,26,32H,7,18-20H2,1-6H3,(H,41,42)/t26-,32?/m1/s1. The maximum Gasteiger partial charge on any atom is 0.310 e. The zero-order valence-corrected chi connectivity index (χ0v) is 25.8. The third-order valence-corrected chi connectivity index (χ3v) is 9.11. The largest absolute Gasteiger partial charge is 0.487 e. The summed E-state index contributed by atoms with van der Waals surface area (Å²) < 4.78 is 8.22. The third kappa shape index (κ3) is 5.25. The van der Waals surface area contributed by atoms with Crippen molar-refractivity contribution >= 4 is 27.9 Å². The normalized spacial score (nSPS) is 16.6. The van der Waals surface area contributed by atoms with Crippen molar-refractivity contribution in [1.82, 2.24) is 24.9 Å². The Labute approximate surface area is 252 Å². The van der Waals surface area contributed by atoms with Crippen LogP contribution in [0, 0.1) is 19.3 Å². The van der Waals surface area contributed by atoms with Crippen LogP contribution in [-0.4, -0.2) is 48.6 Å². The average Bonchev–Trinajstić information content (AvgIpc) is 3.27. The van der Waals surface area contributed by atoms with Gasteiger partial charge in [0.15, 0.2) is 0 Å². The van der Waals surface area contributed by atoms with Gasteiger partial charge < -0.3 is 9.84 Å². The number of hydrogen-bond acceptors (Lipinski definition) is 6. The number of ether oxygens (including phenoxy) is 1. The van der Waals surface area contributed by atoms with Crippen LogP contribution in [0.5, 0.6) is 5.75 Å². The molecule has 0 amide bonds. The molecule has 222 valence electrons. The first-order valence-corrected chi connectivity index (χ1v) is 15.0. The van der Waals surface area contributed by atoms with E-state index in [1.807, 2.05) is 58.2 Å². The Morgan fingerprint density at radius 2 is 1.91 bits per heavy atom.